The molecule has 0 saturated carbocycles. The Morgan fingerprint density at radius 2 is 2.23 bits per heavy atom. The topological polar surface area (TPSA) is 52.0 Å². The van der Waals surface area contributed by atoms with Gasteiger partial charge in [0.15, 0.2) is 0 Å². The smallest absolute Gasteiger partial charge is 0.227 e. The van der Waals surface area contributed by atoms with E-state index in [-0.39, 0.29) is 0 Å². The van der Waals surface area contributed by atoms with Crippen LogP contribution in [0.5, 0.6) is 0 Å². The van der Waals surface area contributed by atoms with E-state index in [0.29, 0.717) is 16.6 Å². The Labute approximate surface area is 80.1 Å². The van der Waals surface area contributed by atoms with Crippen molar-refractivity contribution in [2.24, 2.45) is 0 Å². The Bertz CT molecular complexity index is 412. The summed E-state index contributed by atoms with van der Waals surface area (Å²) in [6, 6.07) is 5.20. The van der Waals surface area contributed by atoms with Crippen LogP contribution in [0, 0.1) is 0 Å². The predicted molar refractivity (Wildman–Crippen MR) is 51.4 cm³/mol. The number of nitrogen functional groups attached to an aromatic ring is 1. The lowest BCUT2D eigenvalue weighted by Gasteiger charge is -1.99. The summed E-state index contributed by atoms with van der Waals surface area (Å²) in [5.41, 5.74) is 6.92. The minimum Gasteiger partial charge on any atom is -0.444 e. The van der Waals surface area contributed by atoms with E-state index in [9.17, 15) is 0 Å². The Kier molecular flexibility index (Phi) is 1.94. The van der Waals surface area contributed by atoms with Crippen molar-refractivity contribution in [1.82, 2.24) is 4.98 Å². The maximum atomic E-state index is 5.94. The second-order valence-electron chi connectivity index (χ2n) is 2.58. The van der Waals surface area contributed by atoms with E-state index in [1.165, 1.54) is 6.26 Å². The second-order valence-corrected chi connectivity index (χ2v) is 2.98. The number of oxazole rings is 1. The Hall–Kier alpha value is -1.48. The van der Waals surface area contributed by atoms with Gasteiger partial charge in [-0.1, -0.05) is 11.6 Å². The monoisotopic (exact) mass is 194 g/mol. The molecule has 3 nitrogen and oxygen atoms in total. The van der Waals surface area contributed by atoms with Gasteiger partial charge in [-0.25, -0.2) is 4.98 Å². The molecule has 0 aliphatic heterocycles. The van der Waals surface area contributed by atoms with Crippen molar-refractivity contribution in [3.8, 4) is 11.5 Å². The largest absolute Gasteiger partial charge is 0.444 e. The third kappa shape index (κ3) is 1.51. The van der Waals surface area contributed by atoms with E-state index in [4.69, 9.17) is 21.8 Å². The first kappa shape index (κ1) is 8.13. The molecule has 0 aliphatic carbocycles. The van der Waals surface area contributed by atoms with Crippen molar-refractivity contribution in [3.63, 3.8) is 0 Å². The molecule has 0 saturated heterocycles. The number of nitrogens with two attached hydrogens (primary N) is 1. The van der Waals surface area contributed by atoms with E-state index in [0.717, 1.165) is 5.56 Å². The van der Waals surface area contributed by atoms with Gasteiger partial charge in [-0.3, -0.25) is 0 Å². The van der Waals surface area contributed by atoms with Crippen molar-refractivity contribution < 1.29 is 4.42 Å². The van der Waals surface area contributed by atoms with Crippen LogP contribution in [0.2, 0.25) is 5.02 Å². The number of aromatic nitrogens is 1. The Balaban J connectivity index is 2.53. The lowest BCUT2D eigenvalue weighted by molar-refractivity contribution is 0.574. The van der Waals surface area contributed by atoms with Gasteiger partial charge in [0.25, 0.3) is 0 Å². The standard InChI is InChI=1S/C9H7ClN2O/c10-8-5-6(11)1-2-7(8)9-12-3-4-13-9/h1-5H,11H2. The van der Waals surface area contributed by atoms with Gasteiger partial charge in [-0.15, -0.1) is 0 Å². The molecule has 2 rings (SSSR count). The molecule has 0 atom stereocenters. The maximum absolute atomic E-state index is 5.94. The van der Waals surface area contributed by atoms with E-state index >= 15 is 0 Å². The van der Waals surface area contributed by atoms with Gasteiger partial charge < -0.3 is 10.2 Å². The van der Waals surface area contributed by atoms with E-state index in [2.05, 4.69) is 4.98 Å². The lowest BCUT2D eigenvalue weighted by atomic mass is 10.2. The summed E-state index contributed by atoms with van der Waals surface area (Å²) in [4.78, 5) is 3.99. The van der Waals surface area contributed by atoms with Crippen LogP contribution in [-0.2, 0) is 0 Å². The molecule has 1 heterocycles. The first-order valence-corrected chi connectivity index (χ1v) is 4.10. The molecule has 66 valence electrons. The molecule has 0 aliphatic rings. The fourth-order valence-corrected chi connectivity index (χ4v) is 1.33. The average molecular weight is 195 g/mol. The Morgan fingerprint density at radius 1 is 1.38 bits per heavy atom. The number of anilines is 1. The number of rotatable bonds is 1. The lowest BCUT2D eigenvalue weighted by Crippen LogP contribution is -1.85. The summed E-state index contributed by atoms with van der Waals surface area (Å²) >= 11 is 5.94. The maximum Gasteiger partial charge on any atom is 0.227 e. The molecule has 13 heavy (non-hydrogen) atoms. The first-order chi connectivity index (χ1) is 6.27. The summed E-state index contributed by atoms with van der Waals surface area (Å²) in [7, 11) is 0. The molecule has 0 radical (unpaired) electrons. The van der Waals surface area contributed by atoms with Crippen LogP contribution >= 0.6 is 11.6 Å². The summed E-state index contributed by atoms with van der Waals surface area (Å²) in [6.45, 7) is 0. The minimum absolute atomic E-state index is 0.505. The molecular formula is C9H7ClN2O. The van der Waals surface area contributed by atoms with Crippen molar-refractivity contribution in [3.05, 3.63) is 35.7 Å². The van der Waals surface area contributed by atoms with Crippen molar-refractivity contribution in [1.29, 1.82) is 0 Å². The van der Waals surface area contributed by atoms with Crippen molar-refractivity contribution in [2.75, 3.05) is 5.73 Å². The molecule has 0 fully saturated rings. The van der Waals surface area contributed by atoms with Crippen molar-refractivity contribution >= 4 is 17.3 Å². The predicted octanol–water partition coefficient (Wildman–Crippen LogP) is 2.58. The average Bonchev–Trinajstić information content (AvgIpc) is 2.56. The highest BCUT2D eigenvalue weighted by Gasteiger charge is 2.06. The van der Waals surface area contributed by atoms with E-state index in [1.807, 2.05) is 0 Å². The molecule has 2 N–H and O–H groups in total. The zero-order valence-electron chi connectivity index (χ0n) is 6.70. The minimum atomic E-state index is 0.505. The molecule has 1 aromatic carbocycles. The van der Waals surface area contributed by atoms with Gasteiger partial charge in [-0.2, -0.15) is 0 Å². The van der Waals surface area contributed by atoms with Crippen molar-refractivity contribution in [2.45, 2.75) is 0 Å². The molecule has 4 heteroatoms. The highest BCUT2D eigenvalue weighted by atomic mass is 35.5. The number of halogens is 1. The van der Waals surface area contributed by atoms with Gasteiger partial charge in [0.05, 0.1) is 16.8 Å². The summed E-state index contributed by atoms with van der Waals surface area (Å²) in [5, 5.41) is 0.544. The van der Waals surface area contributed by atoms with Crippen LogP contribution in [0.25, 0.3) is 11.5 Å². The normalized spacial score (nSPS) is 10.2. The van der Waals surface area contributed by atoms with Gasteiger partial charge >= 0.3 is 0 Å². The second kappa shape index (κ2) is 3.11. The summed E-state index contributed by atoms with van der Waals surface area (Å²) < 4.78 is 5.10. The Morgan fingerprint density at radius 3 is 2.85 bits per heavy atom. The zero-order chi connectivity index (χ0) is 9.26. The van der Waals surface area contributed by atoms with E-state index < -0.39 is 0 Å². The number of benzene rings is 1. The van der Waals surface area contributed by atoms with Gasteiger partial charge in [0, 0.05) is 5.69 Å². The highest BCUT2D eigenvalue weighted by molar-refractivity contribution is 6.33. The number of nitrogens with zero attached hydrogens (tertiary/aromatic N) is 1. The fourth-order valence-electron chi connectivity index (χ4n) is 1.06. The summed E-state index contributed by atoms with van der Waals surface area (Å²) in [5.74, 6) is 0.505. The third-order valence-corrected chi connectivity index (χ3v) is 1.97. The number of hydrogen-bond acceptors (Lipinski definition) is 3. The van der Waals surface area contributed by atoms with Gasteiger partial charge in [0.2, 0.25) is 5.89 Å². The molecule has 2 aromatic rings. The van der Waals surface area contributed by atoms with Crippen LogP contribution in [0.15, 0.2) is 35.1 Å². The van der Waals surface area contributed by atoms with Crippen LogP contribution in [0.4, 0.5) is 5.69 Å². The molecular weight excluding hydrogens is 188 g/mol. The number of hydrogen-bond donors (Lipinski definition) is 1. The first-order valence-electron chi connectivity index (χ1n) is 3.72. The van der Waals surface area contributed by atoms with Crippen LogP contribution < -0.4 is 5.73 Å². The molecule has 0 bridgehead atoms. The molecule has 1 aromatic heterocycles. The molecule has 0 spiro atoms. The van der Waals surface area contributed by atoms with Gasteiger partial charge in [-0.05, 0) is 18.2 Å². The zero-order valence-corrected chi connectivity index (χ0v) is 7.45. The van der Waals surface area contributed by atoms with Gasteiger partial charge in [0.1, 0.15) is 6.26 Å². The van der Waals surface area contributed by atoms with Crippen LogP contribution in [0.3, 0.4) is 0 Å². The summed E-state index contributed by atoms with van der Waals surface area (Å²) in [6.07, 6.45) is 3.07. The van der Waals surface area contributed by atoms with E-state index in [1.54, 1.807) is 24.4 Å². The molecule has 0 amide bonds. The van der Waals surface area contributed by atoms with Crippen LogP contribution in [0.1, 0.15) is 0 Å². The molecule has 0 unspecified atom stereocenters. The van der Waals surface area contributed by atoms with Crippen LogP contribution in [-0.4, -0.2) is 4.98 Å². The third-order valence-electron chi connectivity index (χ3n) is 1.66. The SMILES string of the molecule is Nc1ccc(-c2ncco2)c(Cl)c1. The quantitative estimate of drug-likeness (QED) is 0.710. The highest BCUT2D eigenvalue weighted by Crippen LogP contribution is 2.27. The fraction of sp³-hybridized carbons (Fsp3) is 0.